The van der Waals surface area contributed by atoms with Crippen LogP contribution in [0, 0.1) is 11.6 Å². The number of hydrogen-bond donors (Lipinski definition) is 0. The number of halogens is 2. The van der Waals surface area contributed by atoms with Crippen molar-refractivity contribution in [1.29, 1.82) is 0 Å². The van der Waals surface area contributed by atoms with Crippen molar-refractivity contribution >= 4 is 11.8 Å². The van der Waals surface area contributed by atoms with Crippen LogP contribution in [0.5, 0.6) is 0 Å². The van der Waals surface area contributed by atoms with Crippen LogP contribution in [-0.4, -0.2) is 14.8 Å². The van der Waals surface area contributed by atoms with Gasteiger partial charge in [0.15, 0.2) is 10.9 Å². The predicted molar refractivity (Wildman–Crippen MR) is 95.0 cm³/mol. The molecule has 26 heavy (non-hydrogen) atoms. The van der Waals surface area contributed by atoms with Gasteiger partial charge >= 0.3 is 0 Å². The molecule has 0 aliphatic heterocycles. The van der Waals surface area contributed by atoms with E-state index in [0.717, 1.165) is 5.69 Å². The van der Waals surface area contributed by atoms with E-state index >= 15 is 0 Å². The molecule has 0 saturated heterocycles. The van der Waals surface area contributed by atoms with Gasteiger partial charge in [-0.25, -0.2) is 8.78 Å². The maximum atomic E-state index is 13.9. The summed E-state index contributed by atoms with van der Waals surface area (Å²) in [5.41, 5.74) is 0.847. The maximum Gasteiger partial charge on any atom is 0.205 e. The molecule has 2 aromatic heterocycles. The van der Waals surface area contributed by atoms with E-state index in [1.807, 2.05) is 34.9 Å². The number of nitrogens with zero attached hydrogens (tertiary/aromatic N) is 3. The first-order valence-corrected chi connectivity index (χ1v) is 8.83. The third-order valence-electron chi connectivity index (χ3n) is 3.80. The molecule has 4 aromatic rings. The van der Waals surface area contributed by atoms with Gasteiger partial charge in [-0.15, -0.1) is 10.2 Å². The number of aromatic nitrogens is 3. The lowest BCUT2D eigenvalue weighted by molar-refractivity contribution is 0.566. The highest BCUT2D eigenvalue weighted by atomic mass is 32.2. The number of benzene rings is 2. The van der Waals surface area contributed by atoms with E-state index in [9.17, 15) is 8.78 Å². The van der Waals surface area contributed by atoms with Gasteiger partial charge in [0, 0.05) is 17.0 Å². The van der Waals surface area contributed by atoms with Gasteiger partial charge in [0.2, 0.25) is 5.82 Å². The van der Waals surface area contributed by atoms with Gasteiger partial charge in [-0.2, -0.15) is 0 Å². The van der Waals surface area contributed by atoms with Gasteiger partial charge in [-0.1, -0.05) is 36.0 Å². The van der Waals surface area contributed by atoms with Crippen LogP contribution in [-0.2, 0) is 5.75 Å². The summed E-state index contributed by atoms with van der Waals surface area (Å²) in [7, 11) is 0. The van der Waals surface area contributed by atoms with Crippen molar-refractivity contribution < 1.29 is 13.2 Å². The Balaban J connectivity index is 1.73. The van der Waals surface area contributed by atoms with E-state index in [1.165, 1.54) is 30.0 Å². The summed E-state index contributed by atoms with van der Waals surface area (Å²) in [4.78, 5) is 0. The Labute approximate surface area is 152 Å². The first-order chi connectivity index (χ1) is 12.7. The van der Waals surface area contributed by atoms with E-state index in [-0.39, 0.29) is 11.3 Å². The van der Waals surface area contributed by atoms with Crippen molar-refractivity contribution in [3.05, 3.63) is 84.1 Å². The summed E-state index contributed by atoms with van der Waals surface area (Å²) >= 11 is 1.21. The van der Waals surface area contributed by atoms with Crippen molar-refractivity contribution in [3.8, 4) is 17.3 Å². The Morgan fingerprint density at radius 1 is 0.885 bits per heavy atom. The van der Waals surface area contributed by atoms with Crippen LogP contribution >= 0.6 is 11.8 Å². The van der Waals surface area contributed by atoms with E-state index in [4.69, 9.17) is 4.42 Å². The maximum absolute atomic E-state index is 13.9. The number of thioether (sulfide) groups is 1. The van der Waals surface area contributed by atoms with Crippen molar-refractivity contribution in [2.45, 2.75) is 10.9 Å². The van der Waals surface area contributed by atoms with Crippen molar-refractivity contribution in [1.82, 2.24) is 14.8 Å². The van der Waals surface area contributed by atoms with Crippen LogP contribution in [0.3, 0.4) is 0 Å². The Kier molecular flexibility index (Phi) is 4.53. The van der Waals surface area contributed by atoms with Gasteiger partial charge in [0.1, 0.15) is 11.6 Å². The summed E-state index contributed by atoms with van der Waals surface area (Å²) in [5.74, 6) is 0.0359. The molecule has 2 heterocycles. The molecule has 0 atom stereocenters. The topological polar surface area (TPSA) is 43.9 Å². The Morgan fingerprint density at radius 3 is 2.35 bits per heavy atom. The Bertz CT molecular complexity index is 996. The molecule has 7 heteroatoms. The van der Waals surface area contributed by atoms with Crippen LogP contribution < -0.4 is 0 Å². The normalized spacial score (nSPS) is 11.0. The molecule has 2 aromatic carbocycles. The molecule has 0 bridgehead atoms. The fourth-order valence-electron chi connectivity index (χ4n) is 2.55. The van der Waals surface area contributed by atoms with E-state index in [0.29, 0.717) is 16.7 Å². The summed E-state index contributed by atoms with van der Waals surface area (Å²) in [5, 5.41) is 8.92. The first kappa shape index (κ1) is 16.5. The molecular weight excluding hydrogens is 356 g/mol. The van der Waals surface area contributed by atoms with E-state index in [2.05, 4.69) is 10.2 Å². The average Bonchev–Trinajstić information content (AvgIpc) is 3.31. The van der Waals surface area contributed by atoms with Crippen LogP contribution in [0.2, 0.25) is 0 Å². The quantitative estimate of drug-likeness (QED) is 0.459. The largest absolute Gasteiger partial charge is 0.461 e. The molecule has 4 rings (SSSR count). The highest BCUT2D eigenvalue weighted by Crippen LogP contribution is 2.30. The molecule has 0 fully saturated rings. The lowest BCUT2D eigenvalue weighted by Crippen LogP contribution is -2.00. The van der Waals surface area contributed by atoms with Gasteiger partial charge in [0.05, 0.1) is 6.26 Å². The van der Waals surface area contributed by atoms with Crippen LogP contribution in [0.1, 0.15) is 5.56 Å². The second-order valence-corrected chi connectivity index (χ2v) is 6.39. The van der Waals surface area contributed by atoms with E-state index < -0.39 is 11.6 Å². The zero-order chi connectivity index (χ0) is 17.9. The van der Waals surface area contributed by atoms with Gasteiger partial charge in [0.25, 0.3) is 0 Å². The molecule has 130 valence electrons. The molecule has 4 nitrogen and oxygen atoms in total. The number of hydrogen-bond acceptors (Lipinski definition) is 4. The predicted octanol–water partition coefficient (Wildman–Crippen LogP) is 5.10. The van der Waals surface area contributed by atoms with Crippen molar-refractivity contribution in [2.75, 3.05) is 0 Å². The summed E-state index contributed by atoms with van der Waals surface area (Å²) in [6, 6.07) is 16.9. The smallest absolute Gasteiger partial charge is 0.205 e. The van der Waals surface area contributed by atoms with Crippen LogP contribution in [0.25, 0.3) is 17.3 Å². The average molecular weight is 369 g/mol. The number of rotatable bonds is 5. The molecule has 0 spiro atoms. The van der Waals surface area contributed by atoms with Crippen molar-refractivity contribution in [3.63, 3.8) is 0 Å². The number of para-hydroxylation sites is 1. The van der Waals surface area contributed by atoms with Crippen molar-refractivity contribution in [2.24, 2.45) is 0 Å². The third-order valence-corrected chi connectivity index (χ3v) is 4.75. The highest BCUT2D eigenvalue weighted by molar-refractivity contribution is 7.98. The Hall–Kier alpha value is -2.93. The van der Waals surface area contributed by atoms with Gasteiger partial charge in [-0.05, 0) is 36.4 Å². The molecule has 0 N–H and O–H groups in total. The molecule has 0 aliphatic carbocycles. The van der Waals surface area contributed by atoms with E-state index in [1.54, 1.807) is 18.4 Å². The lowest BCUT2D eigenvalue weighted by Gasteiger charge is -2.09. The second-order valence-electron chi connectivity index (χ2n) is 5.44. The lowest BCUT2D eigenvalue weighted by atomic mass is 10.2. The molecule has 0 aliphatic rings. The standard InChI is InChI=1S/C19H13F2N3OS/c20-15-8-4-9-16(21)14(15)12-26-19-23-22-18(17-10-5-11-25-17)24(19)13-6-2-1-3-7-13/h1-11H,12H2. The zero-order valence-electron chi connectivity index (χ0n) is 13.5. The van der Waals surface area contributed by atoms with Crippen LogP contribution in [0.15, 0.2) is 76.5 Å². The highest BCUT2D eigenvalue weighted by Gasteiger charge is 2.19. The Morgan fingerprint density at radius 2 is 1.65 bits per heavy atom. The van der Waals surface area contributed by atoms with Gasteiger partial charge in [-0.3, -0.25) is 4.57 Å². The minimum absolute atomic E-state index is 0.0136. The summed E-state index contributed by atoms with van der Waals surface area (Å²) in [6.07, 6.45) is 1.56. The third kappa shape index (κ3) is 3.13. The molecule has 0 saturated carbocycles. The number of furan rings is 1. The summed E-state index contributed by atoms with van der Waals surface area (Å²) < 4.78 is 35.0. The zero-order valence-corrected chi connectivity index (χ0v) is 14.3. The summed E-state index contributed by atoms with van der Waals surface area (Å²) in [6.45, 7) is 0. The minimum atomic E-state index is -0.575. The SMILES string of the molecule is Fc1cccc(F)c1CSc1nnc(-c2ccco2)n1-c1ccccc1. The fraction of sp³-hybridized carbons (Fsp3) is 0.0526. The molecule has 0 unspecified atom stereocenters. The fourth-order valence-corrected chi connectivity index (χ4v) is 3.51. The monoisotopic (exact) mass is 369 g/mol. The molecular formula is C19H13F2N3OS. The van der Waals surface area contributed by atoms with Crippen LogP contribution in [0.4, 0.5) is 8.78 Å². The minimum Gasteiger partial charge on any atom is -0.461 e. The second kappa shape index (κ2) is 7.13. The van der Waals surface area contributed by atoms with Gasteiger partial charge < -0.3 is 4.42 Å². The molecule has 0 amide bonds. The molecule has 0 radical (unpaired) electrons. The first-order valence-electron chi connectivity index (χ1n) is 7.84.